The average Bonchev–Trinajstić information content (AvgIpc) is 2.27. The molecule has 0 aliphatic carbocycles. The Bertz CT molecular complexity index is 463. The van der Waals surface area contributed by atoms with Crippen molar-refractivity contribution in [3.05, 3.63) is 33.4 Å². The summed E-state index contributed by atoms with van der Waals surface area (Å²) < 4.78 is 6.25. The molecule has 0 aliphatic rings. The molecule has 1 N–H and O–H groups in total. The zero-order chi connectivity index (χ0) is 14.6. The molecule has 0 heterocycles. The van der Waals surface area contributed by atoms with Gasteiger partial charge in [-0.3, -0.25) is 4.79 Å². The van der Waals surface area contributed by atoms with E-state index in [1.54, 1.807) is 39.8 Å². The predicted molar refractivity (Wildman–Crippen MR) is 81.9 cm³/mol. The maximum Gasteiger partial charge on any atom is 0.328 e. The SMILES string of the molecule is C[C@H](NC(=O)c1ccc(I)cc1)C(=O)OC(C)(C)C. The van der Waals surface area contributed by atoms with Crippen molar-refractivity contribution >= 4 is 34.5 Å². The molecule has 1 aromatic carbocycles. The van der Waals surface area contributed by atoms with Crippen molar-refractivity contribution in [2.24, 2.45) is 0 Å². The van der Waals surface area contributed by atoms with E-state index in [1.807, 2.05) is 12.1 Å². The second kappa shape index (κ2) is 6.36. The van der Waals surface area contributed by atoms with E-state index < -0.39 is 17.6 Å². The highest BCUT2D eigenvalue weighted by molar-refractivity contribution is 14.1. The maximum absolute atomic E-state index is 11.9. The van der Waals surface area contributed by atoms with E-state index in [2.05, 4.69) is 27.9 Å². The van der Waals surface area contributed by atoms with E-state index in [0.29, 0.717) is 5.56 Å². The lowest BCUT2D eigenvalue weighted by atomic mass is 10.2. The number of ether oxygens (including phenoxy) is 1. The summed E-state index contributed by atoms with van der Waals surface area (Å²) in [5.74, 6) is -0.721. The van der Waals surface area contributed by atoms with Crippen LogP contribution < -0.4 is 5.32 Å². The molecule has 5 heteroatoms. The number of carbonyl (C=O) groups is 2. The highest BCUT2D eigenvalue weighted by atomic mass is 127. The van der Waals surface area contributed by atoms with Crippen LogP contribution in [0.25, 0.3) is 0 Å². The number of rotatable bonds is 3. The molecule has 4 nitrogen and oxygen atoms in total. The summed E-state index contributed by atoms with van der Waals surface area (Å²) in [6.07, 6.45) is 0. The number of halogens is 1. The lowest BCUT2D eigenvalue weighted by Gasteiger charge is -2.22. The molecule has 0 aliphatic heterocycles. The van der Waals surface area contributed by atoms with Crippen molar-refractivity contribution in [1.82, 2.24) is 5.32 Å². The Balaban J connectivity index is 2.61. The van der Waals surface area contributed by atoms with E-state index in [0.717, 1.165) is 3.57 Å². The Labute approximate surface area is 127 Å². The van der Waals surface area contributed by atoms with Crippen molar-refractivity contribution in [2.75, 3.05) is 0 Å². The van der Waals surface area contributed by atoms with Crippen molar-refractivity contribution < 1.29 is 14.3 Å². The zero-order valence-corrected chi connectivity index (χ0v) is 13.6. The van der Waals surface area contributed by atoms with Gasteiger partial charge < -0.3 is 10.1 Å². The smallest absolute Gasteiger partial charge is 0.328 e. The Hall–Kier alpha value is -1.11. The number of carbonyl (C=O) groups excluding carboxylic acids is 2. The molecule has 1 aromatic rings. The fourth-order valence-electron chi connectivity index (χ4n) is 1.33. The van der Waals surface area contributed by atoms with Gasteiger partial charge in [0, 0.05) is 9.13 Å². The normalized spacial score (nSPS) is 12.7. The topological polar surface area (TPSA) is 55.4 Å². The van der Waals surface area contributed by atoms with E-state index in [9.17, 15) is 9.59 Å². The first-order chi connectivity index (χ1) is 8.69. The Morgan fingerprint density at radius 3 is 2.21 bits per heavy atom. The van der Waals surface area contributed by atoms with Gasteiger partial charge in [0.15, 0.2) is 0 Å². The summed E-state index contributed by atoms with van der Waals surface area (Å²) in [6, 6.07) is 6.45. The minimum atomic E-state index is -0.675. The monoisotopic (exact) mass is 375 g/mol. The molecule has 19 heavy (non-hydrogen) atoms. The van der Waals surface area contributed by atoms with E-state index in [1.165, 1.54) is 0 Å². The second-order valence-electron chi connectivity index (χ2n) is 5.24. The van der Waals surface area contributed by atoms with Gasteiger partial charge in [-0.2, -0.15) is 0 Å². The molecule has 104 valence electrons. The molecule has 1 amide bonds. The minimum absolute atomic E-state index is 0.283. The molecule has 0 aromatic heterocycles. The van der Waals surface area contributed by atoms with E-state index in [-0.39, 0.29) is 5.91 Å². The van der Waals surface area contributed by atoms with Gasteiger partial charge in [0.25, 0.3) is 5.91 Å². The Kier molecular flexibility index (Phi) is 5.34. The van der Waals surface area contributed by atoms with E-state index in [4.69, 9.17) is 4.74 Å². The van der Waals surface area contributed by atoms with Crippen LogP contribution in [0, 0.1) is 3.57 Å². The predicted octanol–water partition coefficient (Wildman–Crippen LogP) is 2.75. The molecule has 0 unspecified atom stereocenters. The first-order valence-corrected chi connectivity index (χ1v) is 7.06. The number of hydrogen-bond acceptors (Lipinski definition) is 3. The molecular formula is C14H18INO3. The van der Waals surface area contributed by atoms with Gasteiger partial charge in [0.1, 0.15) is 11.6 Å². The summed E-state index contributed by atoms with van der Waals surface area (Å²) in [6.45, 7) is 6.98. The molecule has 0 fully saturated rings. The van der Waals surface area contributed by atoms with Crippen molar-refractivity contribution in [3.8, 4) is 0 Å². The van der Waals surface area contributed by atoms with Crippen LogP contribution in [0.4, 0.5) is 0 Å². The standard InChI is InChI=1S/C14H18INO3/c1-9(13(18)19-14(2,3)4)16-12(17)10-5-7-11(15)8-6-10/h5-9H,1-4H3,(H,16,17)/t9-/m0/s1. The number of nitrogens with one attached hydrogen (secondary N) is 1. The molecule has 1 rings (SSSR count). The minimum Gasteiger partial charge on any atom is -0.458 e. The van der Waals surface area contributed by atoms with E-state index >= 15 is 0 Å². The van der Waals surface area contributed by atoms with Crippen molar-refractivity contribution in [1.29, 1.82) is 0 Å². The molecule has 0 radical (unpaired) electrons. The van der Waals surface area contributed by atoms with Gasteiger partial charge in [0.05, 0.1) is 0 Å². The van der Waals surface area contributed by atoms with Crippen LogP contribution in [0.2, 0.25) is 0 Å². The highest BCUT2D eigenvalue weighted by Gasteiger charge is 2.23. The van der Waals surface area contributed by atoms with Crippen LogP contribution in [0.3, 0.4) is 0 Å². The van der Waals surface area contributed by atoms with Crippen molar-refractivity contribution in [2.45, 2.75) is 39.3 Å². The first-order valence-electron chi connectivity index (χ1n) is 5.98. The van der Waals surface area contributed by atoms with Gasteiger partial charge in [0.2, 0.25) is 0 Å². The Morgan fingerprint density at radius 1 is 1.21 bits per heavy atom. The van der Waals surface area contributed by atoms with Crippen LogP contribution in [0.1, 0.15) is 38.1 Å². The third kappa shape index (κ3) is 5.59. The van der Waals surface area contributed by atoms with Crippen LogP contribution in [-0.2, 0) is 9.53 Å². The largest absolute Gasteiger partial charge is 0.458 e. The van der Waals surface area contributed by atoms with Crippen LogP contribution in [0.5, 0.6) is 0 Å². The number of benzene rings is 1. The molecule has 0 spiro atoms. The number of hydrogen-bond donors (Lipinski definition) is 1. The lowest BCUT2D eigenvalue weighted by Crippen LogP contribution is -2.42. The first kappa shape index (κ1) is 15.9. The lowest BCUT2D eigenvalue weighted by molar-refractivity contribution is -0.156. The molecular weight excluding hydrogens is 357 g/mol. The Morgan fingerprint density at radius 2 is 1.74 bits per heavy atom. The van der Waals surface area contributed by atoms with Gasteiger partial charge in [-0.1, -0.05) is 0 Å². The van der Waals surface area contributed by atoms with Crippen LogP contribution >= 0.6 is 22.6 Å². The summed E-state index contributed by atoms with van der Waals surface area (Å²) in [5, 5.41) is 2.62. The second-order valence-corrected chi connectivity index (χ2v) is 6.48. The third-order valence-corrected chi connectivity index (χ3v) is 2.93. The van der Waals surface area contributed by atoms with Crippen LogP contribution in [0.15, 0.2) is 24.3 Å². The fourth-order valence-corrected chi connectivity index (χ4v) is 1.69. The number of amides is 1. The van der Waals surface area contributed by atoms with Gasteiger partial charge in [-0.25, -0.2) is 4.79 Å². The summed E-state index contributed by atoms with van der Waals surface area (Å²) >= 11 is 2.16. The molecule has 0 bridgehead atoms. The summed E-state index contributed by atoms with van der Waals surface area (Å²) in [4.78, 5) is 23.7. The van der Waals surface area contributed by atoms with Gasteiger partial charge in [-0.05, 0) is 74.6 Å². The molecule has 0 saturated carbocycles. The molecule has 1 atom stereocenters. The average molecular weight is 375 g/mol. The van der Waals surface area contributed by atoms with Crippen LogP contribution in [-0.4, -0.2) is 23.5 Å². The quantitative estimate of drug-likeness (QED) is 0.653. The summed E-state index contributed by atoms with van der Waals surface area (Å²) in [7, 11) is 0. The van der Waals surface area contributed by atoms with Crippen molar-refractivity contribution in [3.63, 3.8) is 0 Å². The van der Waals surface area contributed by atoms with Gasteiger partial charge >= 0.3 is 5.97 Å². The molecule has 0 saturated heterocycles. The fraction of sp³-hybridized carbons (Fsp3) is 0.429. The maximum atomic E-state index is 11.9. The third-order valence-electron chi connectivity index (χ3n) is 2.21. The summed E-state index contributed by atoms with van der Waals surface area (Å²) in [5.41, 5.74) is -0.0327. The number of esters is 1. The highest BCUT2D eigenvalue weighted by Crippen LogP contribution is 2.09. The zero-order valence-electron chi connectivity index (χ0n) is 11.5. The van der Waals surface area contributed by atoms with Gasteiger partial charge in [-0.15, -0.1) is 0 Å².